The van der Waals surface area contributed by atoms with E-state index in [1.807, 2.05) is 24.3 Å². The van der Waals surface area contributed by atoms with Gasteiger partial charge in [0.2, 0.25) is 0 Å². The Labute approximate surface area is 115 Å². The summed E-state index contributed by atoms with van der Waals surface area (Å²) in [6.45, 7) is 3.48. The van der Waals surface area contributed by atoms with E-state index in [1.165, 1.54) is 19.3 Å². The maximum absolute atomic E-state index is 8.64. The Morgan fingerprint density at radius 3 is 2.89 bits per heavy atom. The average molecular weight is 264 g/mol. The molecule has 19 heavy (non-hydrogen) atoms. The minimum atomic E-state index is 0.0763. The van der Waals surface area contributed by atoms with E-state index in [1.54, 1.807) is 6.21 Å². The van der Waals surface area contributed by atoms with Crippen LogP contribution in [0.4, 0.5) is 0 Å². The van der Waals surface area contributed by atoms with Crippen LogP contribution in [0.3, 0.4) is 0 Å². The van der Waals surface area contributed by atoms with E-state index in [4.69, 9.17) is 9.84 Å². The van der Waals surface area contributed by atoms with E-state index in [0.717, 1.165) is 24.3 Å². The van der Waals surface area contributed by atoms with Gasteiger partial charge in [0.1, 0.15) is 5.75 Å². The van der Waals surface area contributed by atoms with E-state index in [9.17, 15) is 0 Å². The fourth-order valence-corrected chi connectivity index (χ4v) is 1.66. The predicted octanol–water partition coefficient (Wildman–Crippen LogP) is 2.56. The molecule has 106 valence electrons. The van der Waals surface area contributed by atoms with Crippen LogP contribution in [0.2, 0.25) is 0 Å². The molecule has 1 aromatic rings. The third-order valence-electron chi connectivity index (χ3n) is 2.69. The van der Waals surface area contributed by atoms with Crippen LogP contribution in [-0.4, -0.2) is 31.1 Å². The Bertz CT molecular complexity index is 367. The fourth-order valence-electron chi connectivity index (χ4n) is 1.66. The van der Waals surface area contributed by atoms with E-state index in [0.29, 0.717) is 6.54 Å². The van der Waals surface area contributed by atoms with Crippen molar-refractivity contribution < 1.29 is 9.84 Å². The van der Waals surface area contributed by atoms with Crippen molar-refractivity contribution >= 4 is 6.21 Å². The van der Waals surface area contributed by atoms with Crippen molar-refractivity contribution in [2.75, 3.05) is 19.8 Å². The largest absolute Gasteiger partial charge is 0.493 e. The molecule has 2 N–H and O–H groups in total. The highest BCUT2D eigenvalue weighted by Crippen LogP contribution is 2.16. The van der Waals surface area contributed by atoms with Crippen molar-refractivity contribution in [2.24, 2.45) is 5.10 Å². The lowest BCUT2D eigenvalue weighted by atomic mass is 10.2. The minimum Gasteiger partial charge on any atom is -0.493 e. The van der Waals surface area contributed by atoms with Gasteiger partial charge in [0, 0.05) is 5.56 Å². The van der Waals surface area contributed by atoms with E-state index in [-0.39, 0.29) is 6.61 Å². The number of unbranched alkanes of at least 4 members (excludes halogenated alkanes) is 3. The van der Waals surface area contributed by atoms with Gasteiger partial charge in [-0.15, -0.1) is 0 Å². The zero-order valence-electron chi connectivity index (χ0n) is 11.6. The number of nitrogens with zero attached hydrogens (tertiary/aromatic N) is 1. The van der Waals surface area contributed by atoms with Crippen LogP contribution in [0.1, 0.15) is 38.2 Å². The van der Waals surface area contributed by atoms with Crippen LogP contribution in [-0.2, 0) is 0 Å². The molecule has 0 aliphatic carbocycles. The first-order chi connectivity index (χ1) is 9.38. The van der Waals surface area contributed by atoms with Gasteiger partial charge in [-0.2, -0.15) is 5.10 Å². The lowest BCUT2D eigenvalue weighted by Crippen LogP contribution is -2.11. The topological polar surface area (TPSA) is 53.8 Å². The summed E-state index contributed by atoms with van der Waals surface area (Å²) in [5, 5.41) is 12.7. The van der Waals surface area contributed by atoms with Crippen molar-refractivity contribution in [3.05, 3.63) is 29.8 Å². The van der Waals surface area contributed by atoms with Crippen LogP contribution in [0.25, 0.3) is 0 Å². The molecule has 4 nitrogen and oxygen atoms in total. The molecular formula is C15H24N2O2. The number of hydrazone groups is 1. The summed E-state index contributed by atoms with van der Waals surface area (Å²) >= 11 is 0. The first-order valence-electron chi connectivity index (χ1n) is 6.97. The summed E-state index contributed by atoms with van der Waals surface area (Å²) in [4.78, 5) is 0. The molecule has 0 aliphatic rings. The van der Waals surface area contributed by atoms with Crippen molar-refractivity contribution in [2.45, 2.75) is 32.6 Å². The summed E-state index contributed by atoms with van der Waals surface area (Å²) in [5.74, 6) is 0.855. The number of aliphatic hydroxyl groups excluding tert-OH is 1. The number of hydrogen-bond donors (Lipinski definition) is 2. The molecular weight excluding hydrogens is 240 g/mol. The number of benzene rings is 1. The molecule has 0 heterocycles. The molecule has 4 heteroatoms. The second-order valence-electron chi connectivity index (χ2n) is 4.34. The molecule has 1 rings (SSSR count). The first-order valence-corrected chi connectivity index (χ1v) is 6.97. The monoisotopic (exact) mass is 264 g/mol. The number of aliphatic hydroxyl groups is 1. The van der Waals surface area contributed by atoms with Gasteiger partial charge in [-0.05, 0) is 18.6 Å². The smallest absolute Gasteiger partial charge is 0.128 e. The maximum Gasteiger partial charge on any atom is 0.128 e. The molecule has 0 saturated heterocycles. The van der Waals surface area contributed by atoms with Crippen LogP contribution >= 0.6 is 0 Å². The second kappa shape index (κ2) is 10.4. The van der Waals surface area contributed by atoms with Gasteiger partial charge in [-0.1, -0.05) is 38.3 Å². The zero-order chi connectivity index (χ0) is 13.8. The molecule has 0 unspecified atom stereocenters. The average Bonchev–Trinajstić information content (AvgIpc) is 2.45. The zero-order valence-corrected chi connectivity index (χ0v) is 11.6. The van der Waals surface area contributed by atoms with E-state index < -0.39 is 0 Å². The Hall–Kier alpha value is -1.55. The number of rotatable bonds is 10. The van der Waals surface area contributed by atoms with Crippen molar-refractivity contribution in [3.63, 3.8) is 0 Å². The number of hydrogen-bond acceptors (Lipinski definition) is 4. The Morgan fingerprint density at radius 1 is 1.26 bits per heavy atom. The summed E-state index contributed by atoms with van der Waals surface area (Å²) in [5.41, 5.74) is 3.71. The number of nitrogens with one attached hydrogen (secondary N) is 1. The van der Waals surface area contributed by atoms with Crippen LogP contribution in [0, 0.1) is 0 Å². The highest BCUT2D eigenvalue weighted by atomic mass is 16.5. The van der Waals surface area contributed by atoms with Gasteiger partial charge in [0.05, 0.1) is 26.0 Å². The van der Waals surface area contributed by atoms with Gasteiger partial charge < -0.3 is 15.3 Å². The number of ether oxygens (including phenoxy) is 1. The Morgan fingerprint density at radius 2 is 2.11 bits per heavy atom. The molecule has 0 saturated carbocycles. The molecule has 0 fully saturated rings. The van der Waals surface area contributed by atoms with Crippen molar-refractivity contribution in [3.8, 4) is 5.75 Å². The van der Waals surface area contributed by atoms with E-state index >= 15 is 0 Å². The molecule has 0 aliphatic heterocycles. The summed E-state index contributed by atoms with van der Waals surface area (Å²) in [6, 6.07) is 7.83. The predicted molar refractivity (Wildman–Crippen MR) is 78.8 cm³/mol. The van der Waals surface area contributed by atoms with Gasteiger partial charge in [0.25, 0.3) is 0 Å². The molecule has 0 aromatic heterocycles. The third kappa shape index (κ3) is 6.82. The van der Waals surface area contributed by atoms with Gasteiger partial charge in [0.15, 0.2) is 0 Å². The van der Waals surface area contributed by atoms with Gasteiger partial charge in [-0.25, -0.2) is 0 Å². The molecule has 0 radical (unpaired) electrons. The molecule has 0 spiro atoms. The quantitative estimate of drug-likeness (QED) is 0.388. The second-order valence-corrected chi connectivity index (χ2v) is 4.34. The maximum atomic E-state index is 8.64. The Balaban J connectivity index is 2.41. The van der Waals surface area contributed by atoms with Crippen LogP contribution < -0.4 is 10.2 Å². The summed E-state index contributed by atoms with van der Waals surface area (Å²) in [6.07, 6.45) is 6.52. The van der Waals surface area contributed by atoms with Gasteiger partial charge >= 0.3 is 0 Å². The highest BCUT2D eigenvalue weighted by molar-refractivity contribution is 5.83. The Kier molecular flexibility index (Phi) is 8.47. The number of para-hydroxylation sites is 1. The minimum absolute atomic E-state index is 0.0763. The molecule has 0 atom stereocenters. The van der Waals surface area contributed by atoms with Crippen molar-refractivity contribution in [1.29, 1.82) is 0 Å². The van der Waals surface area contributed by atoms with Gasteiger partial charge in [-0.3, -0.25) is 0 Å². The highest BCUT2D eigenvalue weighted by Gasteiger charge is 2.00. The SMILES string of the molecule is CCCCCCOc1ccccc1C=NNCCO. The normalized spacial score (nSPS) is 10.8. The standard InChI is InChI=1S/C15H24N2O2/c1-2-3-4-7-12-19-15-9-6-5-8-14(15)13-17-16-10-11-18/h5-6,8-9,13,16,18H,2-4,7,10-12H2,1H3. The van der Waals surface area contributed by atoms with E-state index in [2.05, 4.69) is 17.5 Å². The lowest BCUT2D eigenvalue weighted by Gasteiger charge is -2.08. The van der Waals surface area contributed by atoms with Crippen molar-refractivity contribution in [1.82, 2.24) is 5.43 Å². The lowest BCUT2D eigenvalue weighted by molar-refractivity contribution is 0.293. The summed E-state index contributed by atoms with van der Waals surface area (Å²) in [7, 11) is 0. The van der Waals surface area contributed by atoms with Crippen LogP contribution in [0.15, 0.2) is 29.4 Å². The molecule has 0 amide bonds. The summed E-state index contributed by atoms with van der Waals surface area (Å²) < 4.78 is 5.77. The molecule has 0 bridgehead atoms. The molecule has 1 aromatic carbocycles. The van der Waals surface area contributed by atoms with Crippen LogP contribution in [0.5, 0.6) is 5.75 Å². The fraction of sp³-hybridized carbons (Fsp3) is 0.533. The third-order valence-corrected chi connectivity index (χ3v) is 2.69. The first kappa shape index (κ1) is 15.5.